The van der Waals surface area contributed by atoms with E-state index in [9.17, 15) is 4.79 Å². The van der Waals surface area contributed by atoms with Gasteiger partial charge in [0.1, 0.15) is 12.1 Å². The minimum absolute atomic E-state index is 0.164. The first-order valence-electron chi connectivity index (χ1n) is 11.8. The number of fused-ring (bicyclic) bond motifs is 1. The highest BCUT2D eigenvalue weighted by Crippen LogP contribution is 2.35. The van der Waals surface area contributed by atoms with E-state index in [1.807, 2.05) is 36.4 Å². The molecule has 1 aliphatic heterocycles. The van der Waals surface area contributed by atoms with Crippen molar-refractivity contribution in [3.8, 4) is 11.5 Å². The topological polar surface area (TPSA) is 85.8 Å². The summed E-state index contributed by atoms with van der Waals surface area (Å²) in [4.78, 5) is 22.5. The van der Waals surface area contributed by atoms with Crippen molar-refractivity contribution in [3.63, 3.8) is 0 Å². The van der Waals surface area contributed by atoms with Gasteiger partial charge in [-0.2, -0.15) is 0 Å². The predicted molar refractivity (Wildman–Crippen MR) is 139 cm³/mol. The zero-order valence-electron chi connectivity index (χ0n) is 20.1. The molecule has 9 heteroatoms. The number of methoxy groups -OCH3 is 2. The van der Waals surface area contributed by atoms with E-state index in [1.165, 1.54) is 7.11 Å². The summed E-state index contributed by atoms with van der Waals surface area (Å²) in [6.45, 7) is 2.88. The van der Waals surface area contributed by atoms with Crippen molar-refractivity contribution in [1.82, 2.24) is 14.9 Å². The normalized spacial score (nSPS) is 14.6. The largest absolute Gasteiger partial charge is 0.493 e. The molecular formula is C26H31BrN4O4. The van der Waals surface area contributed by atoms with Gasteiger partial charge < -0.3 is 19.5 Å². The van der Waals surface area contributed by atoms with Crippen LogP contribution in [0.4, 0.5) is 11.5 Å². The van der Waals surface area contributed by atoms with Crippen molar-refractivity contribution >= 4 is 44.3 Å². The Kier molecular flexibility index (Phi) is 8.76. The molecule has 1 fully saturated rings. The third-order valence-electron chi connectivity index (χ3n) is 6.31. The van der Waals surface area contributed by atoms with Crippen molar-refractivity contribution in [2.45, 2.75) is 25.7 Å². The summed E-state index contributed by atoms with van der Waals surface area (Å²) in [7, 11) is 3.08. The maximum Gasteiger partial charge on any atom is 0.319 e. The minimum Gasteiger partial charge on any atom is -0.493 e. The van der Waals surface area contributed by atoms with Crippen LogP contribution >= 0.6 is 15.9 Å². The SMILES string of the molecule is COC(=O)CN1CCC(CCCOc2cc3ncnc(Nc4cccc(Br)c4)c3cc2OC)CC1. The van der Waals surface area contributed by atoms with Crippen LogP contribution in [-0.4, -0.2) is 61.3 Å². The summed E-state index contributed by atoms with van der Waals surface area (Å²) >= 11 is 3.50. The Labute approximate surface area is 214 Å². The van der Waals surface area contributed by atoms with Crippen LogP contribution in [0.1, 0.15) is 25.7 Å². The average Bonchev–Trinajstić information content (AvgIpc) is 2.87. The van der Waals surface area contributed by atoms with Gasteiger partial charge in [-0.05, 0) is 69.0 Å². The Morgan fingerprint density at radius 2 is 1.97 bits per heavy atom. The van der Waals surface area contributed by atoms with Crippen LogP contribution in [0.25, 0.3) is 10.9 Å². The number of nitrogens with zero attached hydrogens (tertiary/aromatic N) is 3. The standard InChI is InChI=1S/C26H31BrN4O4/c1-33-23-14-21-22(28-17-29-26(21)30-20-7-3-6-19(27)13-20)15-24(23)35-12-4-5-18-8-10-31(11-9-18)16-25(32)34-2/h3,6-7,13-15,17-18H,4-5,8-12,16H2,1-2H3,(H,28,29,30). The van der Waals surface area contributed by atoms with Gasteiger partial charge in [-0.3, -0.25) is 9.69 Å². The number of anilines is 2. The van der Waals surface area contributed by atoms with Crippen molar-refractivity contribution in [1.29, 1.82) is 0 Å². The number of hydrogen-bond donors (Lipinski definition) is 1. The summed E-state index contributed by atoms with van der Waals surface area (Å²) in [6, 6.07) is 11.7. The van der Waals surface area contributed by atoms with E-state index in [0.717, 1.165) is 59.8 Å². The smallest absolute Gasteiger partial charge is 0.319 e. The van der Waals surface area contributed by atoms with Crippen molar-refractivity contribution in [2.24, 2.45) is 5.92 Å². The number of hydrogen-bond acceptors (Lipinski definition) is 8. The lowest BCUT2D eigenvalue weighted by molar-refractivity contribution is -0.142. The van der Waals surface area contributed by atoms with Crippen LogP contribution < -0.4 is 14.8 Å². The molecule has 0 amide bonds. The van der Waals surface area contributed by atoms with Gasteiger partial charge in [0.15, 0.2) is 11.5 Å². The number of piperidine rings is 1. The lowest BCUT2D eigenvalue weighted by atomic mass is 9.92. The molecule has 1 N–H and O–H groups in total. The summed E-state index contributed by atoms with van der Waals surface area (Å²) in [5.74, 6) is 2.53. The van der Waals surface area contributed by atoms with Gasteiger partial charge in [0.2, 0.25) is 0 Å². The molecule has 1 saturated heterocycles. The molecule has 35 heavy (non-hydrogen) atoms. The van der Waals surface area contributed by atoms with Crippen molar-refractivity contribution in [3.05, 3.63) is 47.2 Å². The van der Waals surface area contributed by atoms with Gasteiger partial charge in [-0.25, -0.2) is 9.97 Å². The molecular weight excluding hydrogens is 512 g/mol. The van der Waals surface area contributed by atoms with E-state index >= 15 is 0 Å². The van der Waals surface area contributed by atoms with Gasteiger partial charge in [0.05, 0.1) is 32.9 Å². The number of ether oxygens (including phenoxy) is 3. The second-order valence-corrected chi connectivity index (χ2v) is 9.58. The molecule has 0 radical (unpaired) electrons. The van der Waals surface area contributed by atoms with Crippen LogP contribution in [0.5, 0.6) is 11.5 Å². The molecule has 0 unspecified atom stereocenters. The highest BCUT2D eigenvalue weighted by Gasteiger charge is 2.21. The minimum atomic E-state index is -0.164. The Bertz CT molecular complexity index is 1150. The summed E-state index contributed by atoms with van der Waals surface area (Å²) in [5.41, 5.74) is 1.71. The maximum absolute atomic E-state index is 11.5. The van der Waals surface area contributed by atoms with E-state index in [4.69, 9.17) is 14.2 Å². The summed E-state index contributed by atoms with van der Waals surface area (Å²) < 4.78 is 17.5. The first-order valence-corrected chi connectivity index (χ1v) is 12.6. The summed E-state index contributed by atoms with van der Waals surface area (Å²) in [5, 5.41) is 4.21. The molecule has 0 saturated carbocycles. The third kappa shape index (κ3) is 6.82. The number of carbonyl (C=O) groups is 1. The molecule has 1 aromatic heterocycles. The molecule has 2 heterocycles. The number of rotatable bonds is 10. The van der Waals surface area contributed by atoms with Crippen molar-refractivity contribution in [2.75, 3.05) is 45.8 Å². The van der Waals surface area contributed by atoms with Crippen LogP contribution in [-0.2, 0) is 9.53 Å². The van der Waals surface area contributed by atoms with Gasteiger partial charge >= 0.3 is 5.97 Å². The van der Waals surface area contributed by atoms with Gasteiger partial charge in [-0.1, -0.05) is 22.0 Å². The van der Waals surface area contributed by atoms with Crippen LogP contribution in [0.2, 0.25) is 0 Å². The number of carbonyl (C=O) groups excluding carboxylic acids is 1. The molecule has 0 aliphatic carbocycles. The summed E-state index contributed by atoms with van der Waals surface area (Å²) in [6.07, 6.45) is 5.81. The second-order valence-electron chi connectivity index (χ2n) is 8.66. The van der Waals surface area contributed by atoms with Gasteiger partial charge in [0.25, 0.3) is 0 Å². The molecule has 0 spiro atoms. The van der Waals surface area contributed by atoms with Crippen LogP contribution in [0, 0.1) is 5.92 Å². The Hall–Kier alpha value is -2.91. The number of aromatic nitrogens is 2. The molecule has 1 aliphatic rings. The molecule has 4 rings (SSSR count). The number of benzene rings is 2. The number of nitrogens with one attached hydrogen (secondary N) is 1. The van der Waals surface area contributed by atoms with E-state index in [1.54, 1.807) is 13.4 Å². The molecule has 2 aromatic carbocycles. The highest BCUT2D eigenvalue weighted by molar-refractivity contribution is 9.10. The zero-order valence-corrected chi connectivity index (χ0v) is 21.7. The Morgan fingerprint density at radius 3 is 2.71 bits per heavy atom. The fraction of sp³-hybridized carbons (Fsp3) is 0.423. The number of likely N-dealkylation sites (tertiary alicyclic amines) is 1. The quantitative estimate of drug-likeness (QED) is 0.276. The number of esters is 1. The molecule has 3 aromatic rings. The molecule has 0 atom stereocenters. The molecule has 186 valence electrons. The van der Waals surface area contributed by atoms with Gasteiger partial charge in [0, 0.05) is 21.6 Å². The lowest BCUT2D eigenvalue weighted by Gasteiger charge is -2.31. The van der Waals surface area contributed by atoms with E-state index in [2.05, 4.69) is 36.1 Å². The first-order chi connectivity index (χ1) is 17.1. The first kappa shape index (κ1) is 25.2. The lowest BCUT2D eigenvalue weighted by Crippen LogP contribution is -2.37. The highest BCUT2D eigenvalue weighted by atomic mass is 79.9. The van der Waals surface area contributed by atoms with E-state index < -0.39 is 0 Å². The van der Waals surface area contributed by atoms with E-state index in [-0.39, 0.29) is 5.97 Å². The second kappa shape index (κ2) is 12.2. The Morgan fingerprint density at radius 1 is 1.14 bits per heavy atom. The maximum atomic E-state index is 11.5. The number of halogens is 1. The van der Waals surface area contributed by atoms with Crippen molar-refractivity contribution < 1.29 is 19.0 Å². The Balaban J connectivity index is 1.34. The molecule has 8 nitrogen and oxygen atoms in total. The monoisotopic (exact) mass is 542 g/mol. The van der Waals surface area contributed by atoms with Gasteiger partial charge in [-0.15, -0.1) is 0 Å². The fourth-order valence-electron chi connectivity index (χ4n) is 4.37. The third-order valence-corrected chi connectivity index (χ3v) is 6.80. The average molecular weight is 543 g/mol. The predicted octanol–water partition coefficient (Wildman–Crippen LogP) is 5.19. The zero-order chi connectivity index (χ0) is 24.6. The van der Waals surface area contributed by atoms with Crippen LogP contribution in [0.3, 0.4) is 0 Å². The molecule has 0 bridgehead atoms. The fourth-order valence-corrected chi connectivity index (χ4v) is 4.77. The van der Waals surface area contributed by atoms with Crippen LogP contribution in [0.15, 0.2) is 47.2 Å². The van der Waals surface area contributed by atoms with E-state index in [0.29, 0.717) is 36.4 Å².